The second kappa shape index (κ2) is 4.27. The Hall–Kier alpha value is -1.72. The average Bonchev–Trinajstić information content (AvgIpc) is 2.79. The van der Waals surface area contributed by atoms with E-state index >= 15 is 0 Å². The highest BCUT2D eigenvalue weighted by atomic mass is 15.6. The molecule has 0 bridgehead atoms. The van der Waals surface area contributed by atoms with Crippen LogP contribution in [0.25, 0.3) is 5.65 Å². The highest BCUT2D eigenvalue weighted by Gasteiger charge is 2.21. The lowest BCUT2D eigenvalue weighted by Crippen LogP contribution is -2.30. The van der Waals surface area contributed by atoms with Crippen molar-refractivity contribution in [1.29, 1.82) is 0 Å². The third-order valence-electron chi connectivity index (χ3n) is 3.51. The third kappa shape index (κ3) is 2.07. The monoisotopic (exact) mass is 232 g/mol. The Kier molecular flexibility index (Phi) is 2.62. The Bertz CT molecular complexity index is 507. The van der Waals surface area contributed by atoms with E-state index in [9.17, 15) is 0 Å². The number of fused-ring (bicyclic) bond motifs is 1. The minimum absolute atomic E-state index is 0.519. The molecule has 17 heavy (non-hydrogen) atoms. The summed E-state index contributed by atoms with van der Waals surface area (Å²) in [5, 5.41) is 19.0. The molecule has 2 atom stereocenters. The Morgan fingerprint density at radius 1 is 1.29 bits per heavy atom. The first kappa shape index (κ1) is 10.4. The smallest absolute Gasteiger partial charge is 0.200 e. The molecule has 0 spiro atoms. The first-order valence-corrected chi connectivity index (χ1v) is 6.15. The van der Waals surface area contributed by atoms with Crippen LogP contribution in [0.2, 0.25) is 0 Å². The highest BCUT2D eigenvalue weighted by Crippen LogP contribution is 2.26. The van der Waals surface area contributed by atoms with Crippen molar-refractivity contribution in [3.8, 4) is 0 Å². The van der Waals surface area contributed by atoms with Gasteiger partial charge in [-0.2, -0.15) is 0 Å². The van der Waals surface area contributed by atoms with Gasteiger partial charge in [0.15, 0.2) is 5.65 Å². The SMILES string of the molecule is C[C@H]1CCCC[C@H]1Nc1ccc2nnnn2n1. The Morgan fingerprint density at radius 2 is 2.18 bits per heavy atom. The maximum absolute atomic E-state index is 4.33. The number of aromatic nitrogens is 5. The molecule has 1 saturated carbocycles. The maximum atomic E-state index is 4.33. The standard InChI is InChI=1S/C11H16N6/c1-8-4-2-3-5-9(8)12-10-6-7-11-13-15-16-17(11)14-10/h6-9H,2-5H2,1H3,(H,12,14)/t8-,9+/m0/s1. The molecule has 2 aromatic heterocycles. The van der Waals surface area contributed by atoms with Gasteiger partial charge in [-0.05, 0) is 41.3 Å². The molecule has 0 unspecified atom stereocenters. The summed E-state index contributed by atoms with van der Waals surface area (Å²) in [6.45, 7) is 2.30. The van der Waals surface area contributed by atoms with E-state index < -0.39 is 0 Å². The van der Waals surface area contributed by atoms with Crippen LogP contribution in [0, 0.1) is 5.92 Å². The fraction of sp³-hybridized carbons (Fsp3) is 0.636. The molecule has 90 valence electrons. The quantitative estimate of drug-likeness (QED) is 0.850. The van der Waals surface area contributed by atoms with Crippen LogP contribution in [0.3, 0.4) is 0 Å². The summed E-state index contributed by atoms with van der Waals surface area (Å²) < 4.78 is 1.45. The van der Waals surface area contributed by atoms with Crippen LogP contribution in [0.4, 0.5) is 5.82 Å². The molecule has 6 nitrogen and oxygen atoms in total. The van der Waals surface area contributed by atoms with Crippen molar-refractivity contribution in [1.82, 2.24) is 25.3 Å². The van der Waals surface area contributed by atoms with Gasteiger partial charge in [0.25, 0.3) is 0 Å². The summed E-state index contributed by atoms with van der Waals surface area (Å²) in [5.74, 6) is 1.55. The topological polar surface area (TPSA) is 68.0 Å². The first-order chi connectivity index (χ1) is 8.33. The van der Waals surface area contributed by atoms with Crippen LogP contribution in [0.5, 0.6) is 0 Å². The molecule has 0 radical (unpaired) electrons. The van der Waals surface area contributed by atoms with E-state index in [1.807, 2.05) is 12.1 Å². The molecule has 3 rings (SSSR count). The van der Waals surface area contributed by atoms with Gasteiger partial charge in [0.05, 0.1) is 0 Å². The summed E-state index contributed by atoms with van der Waals surface area (Å²) in [7, 11) is 0. The fourth-order valence-electron chi connectivity index (χ4n) is 2.45. The minimum atomic E-state index is 0.519. The van der Waals surface area contributed by atoms with Crippen molar-refractivity contribution < 1.29 is 0 Å². The largest absolute Gasteiger partial charge is 0.366 e. The van der Waals surface area contributed by atoms with Crippen LogP contribution in [-0.4, -0.2) is 31.3 Å². The third-order valence-corrected chi connectivity index (χ3v) is 3.51. The van der Waals surface area contributed by atoms with Crippen LogP contribution in [0.15, 0.2) is 12.1 Å². The first-order valence-electron chi connectivity index (χ1n) is 6.15. The van der Waals surface area contributed by atoms with Crippen molar-refractivity contribution in [2.24, 2.45) is 5.92 Å². The van der Waals surface area contributed by atoms with Crippen LogP contribution in [0.1, 0.15) is 32.6 Å². The lowest BCUT2D eigenvalue weighted by molar-refractivity contribution is 0.348. The summed E-state index contributed by atoms with van der Waals surface area (Å²) in [5.41, 5.74) is 0.673. The molecule has 0 saturated heterocycles. The molecule has 1 aliphatic rings. The van der Waals surface area contributed by atoms with Crippen molar-refractivity contribution in [3.63, 3.8) is 0 Å². The van der Waals surface area contributed by atoms with Gasteiger partial charge in [0.1, 0.15) is 5.82 Å². The molecular formula is C11H16N6. The van der Waals surface area contributed by atoms with Crippen LogP contribution in [-0.2, 0) is 0 Å². The Labute approximate surface area is 99.4 Å². The molecule has 1 aliphatic carbocycles. The molecule has 1 N–H and O–H groups in total. The lowest BCUT2D eigenvalue weighted by Gasteiger charge is -2.29. The molecule has 2 heterocycles. The van der Waals surface area contributed by atoms with Crippen LogP contribution < -0.4 is 5.32 Å². The van der Waals surface area contributed by atoms with Gasteiger partial charge in [0, 0.05) is 6.04 Å². The van der Waals surface area contributed by atoms with Crippen molar-refractivity contribution in [2.45, 2.75) is 38.6 Å². The molecule has 0 aromatic carbocycles. The molecule has 0 aliphatic heterocycles. The minimum Gasteiger partial charge on any atom is -0.366 e. The summed E-state index contributed by atoms with van der Waals surface area (Å²) in [6.07, 6.45) is 5.16. The van der Waals surface area contributed by atoms with Gasteiger partial charge in [-0.15, -0.1) is 14.8 Å². The average molecular weight is 232 g/mol. The van der Waals surface area contributed by atoms with Gasteiger partial charge in [-0.3, -0.25) is 0 Å². The van der Waals surface area contributed by atoms with Crippen LogP contribution >= 0.6 is 0 Å². The van der Waals surface area contributed by atoms with E-state index in [0.29, 0.717) is 17.6 Å². The van der Waals surface area contributed by atoms with E-state index in [2.05, 4.69) is 32.9 Å². The van der Waals surface area contributed by atoms with E-state index in [1.54, 1.807) is 0 Å². The summed E-state index contributed by atoms with van der Waals surface area (Å²) in [4.78, 5) is 0. The predicted octanol–water partition coefficient (Wildman–Crippen LogP) is 1.51. The molecule has 6 heteroatoms. The molecule has 1 fully saturated rings. The molecule has 0 amide bonds. The number of nitrogens with zero attached hydrogens (tertiary/aromatic N) is 5. The highest BCUT2D eigenvalue weighted by molar-refractivity contribution is 5.42. The molecule has 2 aromatic rings. The van der Waals surface area contributed by atoms with Gasteiger partial charge >= 0.3 is 0 Å². The van der Waals surface area contributed by atoms with Gasteiger partial charge in [-0.1, -0.05) is 19.8 Å². The maximum Gasteiger partial charge on any atom is 0.200 e. The second-order valence-corrected chi connectivity index (χ2v) is 4.76. The zero-order valence-electron chi connectivity index (χ0n) is 9.87. The number of tetrazole rings is 1. The number of rotatable bonds is 2. The second-order valence-electron chi connectivity index (χ2n) is 4.76. The lowest BCUT2D eigenvalue weighted by atomic mass is 9.86. The Morgan fingerprint density at radius 3 is 3.06 bits per heavy atom. The van der Waals surface area contributed by atoms with Crippen molar-refractivity contribution >= 4 is 11.5 Å². The van der Waals surface area contributed by atoms with Gasteiger partial charge < -0.3 is 5.32 Å². The fourth-order valence-corrected chi connectivity index (χ4v) is 2.45. The van der Waals surface area contributed by atoms with Gasteiger partial charge in [-0.25, -0.2) is 0 Å². The number of nitrogens with one attached hydrogen (secondary N) is 1. The van der Waals surface area contributed by atoms with E-state index in [4.69, 9.17) is 0 Å². The Balaban J connectivity index is 1.79. The number of anilines is 1. The van der Waals surface area contributed by atoms with E-state index in [0.717, 1.165) is 5.82 Å². The zero-order chi connectivity index (χ0) is 11.7. The summed E-state index contributed by atoms with van der Waals surface area (Å²) in [6, 6.07) is 4.33. The van der Waals surface area contributed by atoms with E-state index in [1.165, 1.54) is 30.3 Å². The number of hydrogen-bond donors (Lipinski definition) is 1. The van der Waals surface area contributed by atoms with E-state index in [-0.39, 0.29) is 0 Å². The molecular weight excluding hydrogens is 216 g/mol. The normalized spacial score (nSPS) is 25.0. The summed E-state index contributed by atoms with van der Waals surface area (Å²) >= 11 is 0. The predicted molar refractivity (Wildman–Crippen MR) is 63.6 cm³/mol. The number of hydrogen-bond acceptors (Lipinski definition) is 5. The van der Waals surface area contributed by atoms with Crippen molar-refractivity contribution in [3.05, 3.63) is 12.1 Å². The van der Waals surface area contributed by atoms with Crippen molar-refractivity contribution in [2.75, 3.05) is 5.32 Å². The zero-order valence-corrected chi connectivity index (χ0v) is 9.87. The van der Waals surface area contributed by atoms with Gasteiger partial charge in [0.2, 0.25) is 0 Å².